The maximum atomic E-state index is 13.5. The van der Waals surface area contributed by atoms with Crippen LogP contribution in [0.4, 0.5) is 0 Å². The number of fused-ring (bicyclic) bond motifs is 1. The van der Waals surface area contributed by atoms with Crippen molar-refractivity contribution >= 4 is 16.6 Å². The van der Waals surface area contributed by atoms with E-state index in [1.807, 2.05) is 30.3 Å². The van der Waals surface area contributed by atoms with Crippen molar-refractivity contribution in [3.05, 3.63) is 41.5 Å². The van der Waals surface area contributed by atoms with Crippen molar-refractivity contribution < 1.29 is 9.53 Å². The third-order valence-electron chi connectivity index (χ3n) is 7.09. The Kier molecular flexibility index (Phi) is 5.87. The zero-order chi connectivity index (χ0) is 20.4. The fourth-order valence-corrected chi connectivity index (χ4v) is 5.09. The van der Waals surface area contributed by atoms with Crippen LogP contribution in [-0.4, -0.2) is 36.9 Å². The van der Waals surface area contributed by atoms with Crippen molar-refractivity contribution in [1.29, 1.82) is 5.26 Å². The first-order valence-corrected chi connectivity index (χ1v) is 10.9. The van der Waals surface area contributed by atoms with Gasteiger partial charge in [-0.05, 0) is 54.6 Å². The lowest BCUT2D eigenvalue weighted by molar-refractivity contribution is 0.0401. The SMILES string of the molecule is CC[C@@H]1CCN(C2CCC2)C[C@@H]1C(=O)c1ccc2c(CC#N)c(OC)ccc2c1. The van der Waals surface area contributed by atoms with Crippen LogP contribution in [0.1, 0.15) is 54.9 Å². The summed E-state index contributed by atoms with van der Waals surface area (Å²) in [7, 11) is 1.63. The van der Waals surface area contributed by atoms with Gasteiger partial charge in [-0.2, -0.15) is 5.26 Å². The van der Waals surface area contributed by atoms with Crippen LogP contribution in [0.3, 0.4) is 0 Å². The number of benzene rings is 2. The second-order valence-electron chi connectivity index (χ2n) is 8.52. The molecule has 0 amide bonds. The van der Waals surface area contributed by atoms with Crippen LogP contribution in [-0.2, 0) is 6.42 Å². The fourth-order valence-electron chi connectivity index (χ4n) is 5.09. The number of carbonyl (C=O) groups is 1. The Morgan fingerprint density at radius 1 is 1.24 bits per heavy atom. The maximum absolute atomic E-state index is 13.5. The molecule has 0 radical (unpaired) electrons. The topological polar surface area (TPSA) is 53.3 Å². The van der Waals surface area contributed by atoms with Crippen LogP contribution < -0.4 is 4.74 Å². The van der Waals surface area contributed by atoms with Crippen molar-refractivity contribution in [3.63, 3.8) is 0 Å². The molecule has 2 atom stereocenters. The molecule has 2 aliphatic rings. The Hall–Kier alpha value is -2.38. The highest BCUT2D eigenvalue weighted by Crippen LogP contribution is 2.35. The number of methoxy groups -OCH3 is 1. The normalized spacial score (nSPS) is 22.8. The van der Waals surface area contributed by atoms with Crippen molar-refractivity contribution in [2.75, 3.05) is 20.2 Å². The van der Waals surface area contributed by atoms with E-state index in [2.05, 4.69) is 17.9 Å². The van der Waals surface area contributed by atoms with Gasteiger partial charge in [-0.3, -0.25) is 9.69 Å². The standard InChI is InChI=1S/C25H30N2O2/c1-3-17-12-14-27(20-5-4-6-20)16-23(17)25(28)19-7-9-21-18(15-19)8-10-24(29-2)22(21)11-13-26/h7-10,15,17,20,23H,3-6,11-12,14,16H2,1-2H3/t17-,23+/m1/s1. The number of hydrogen-bond donors (Lipinski definition) is 0. The number of carbonyl (C=O) groups excluding carboxylic acids is 1. The second kappa shape index (κ2) is 8.55. The Morgan fingerprint density at radius 2 is 2.07 bits per heavy atom. The molecular weight excluding hydrogens is 360 g/mol. The molecule has 0 unspecified atom stereocenters. The number of likely N-dealkylation sites (tertiary alicyclic amines) is 1. The summed E-state index contributed by atoms with van der Waals surface area (Å²) >= 11 is 0. The summed E-state index contributed by atoms with van der Waals surface area (Å²) in [5.41, 5.74) is 1.69. The molecule has 1 heterocycles. The van der Waals surface area contributed by atoms with Gasteiger partial charge in [0.15, 0.2) is 5.78 Å². The van der Waals surface area contributed by atoms with Gasteiger partial charge in [-0.25, -0.2) is 0 Å². The van der Waals surface area contributed by atoms with Gasteiger partial charge in [-0.1, -0.05) is 38.0 Å². The summed E-state index contributed by atoms with van der Waals surface area (Å²) in [6.45, 7) is 4.26. The highest BCUT2D eigenvalue weighted by molar-refractivity contribution is 6.02. The van der Waals surface area contributed by atoms with Crippen molar-refractivity contribution in [1.82, 2.24) is 4.90 Å². The Bertz CT molecular complexity index is 942. The minimum atomic E-state index is 0.0867. The third-order valence-corrected chi connectivity index (χ3v) is 7.09. The summed E-state index contributed by atoms with van der Waals surface area (Å²) in [6, 6.07) is 12.8. The molecule has 1 saturated carbocycles. The van der Waals surface area contributed by atoms with Gasteiger partial charge < -0.3 is 4.74 Å². The summed E-state index contributed by atoms with van der Waals surface area (Å²) in [5.74, 6) is 1.57. The fraction of sp³-hybridized carbons (Fsp3) is 0.520. The quantitative estimate of drug-likeness (QED) is 0.652. The molecule has 0 aromatic heterocycles. The minimum Gasteiger partial charge on any atom is -0.496 e. The first-order valence-electron chi connectivity index (χ1n) is 10.9. The van der Waals surface area contributed by atoms with Crippen molar-refractivity contribution in [2.45, 2.75) is 51.5 Å². The van der Waals surface area contributed by atoms with Gasteiger partial charge in [0.1, 0.15) is 5.75 Å². The largest absolute Gasteiger partial charge is 0.496 e. The van der Waals surface area contributed by atoms with Crippen LogP contribution in [0.5, 0.6) is 5.75 Å². The molecule has 4 heteroatoms. The molecule has 1 saturated heterocycles. The van der Waals surface area contributed by atoms with Gasteiger partial charge in [-0.15, -0.1) is 0 Å². The van der Waals surface area contributed by atoms with E-state index < -0.39 is 0 Å². The highest BCUT2D eigenvalue weighted by Gasteiger charge is 2.37. The summed E-state index contributed by atoms with van der Waals surface area (Å²) in [4.78, 5) is 16.1. The zero-order valence-corrected chi connectivity index (χ0v) is 17.5. The second-order valence-corrected chi connectivity index (χ2v) is 8.52. The Labute approximate surface area is 173 Å². The third kappa shape index (κ3) is 3.76. The molecule has 0 bridgehead atoms. The molecule has 4 rings (SSSR count). The lowest BCUT2D eigenvalue weighted by Crippen LogP contribution is -2.50. The molecule has 0 spiro atoms. The molecule has 152 valence electrons. The number of ketones is 1. The predicted octanol–water partition coefficient (Wildman–Crippen LogP) is 5.00. The van der Waals surface area contributed by atoms with E-state index in [9.17, 15) is 10.1 Å². The zero-order valence-electron chi connectivity index (χ0n) is 17.5. The maximum Gasteiger partial charge on any atom is 0.167 e. The average molecular weight is 391 g/mol. The predicted molar refractivity (Wildman–Crippen MR) is 115 cm³/mol. The number of rotatable bonds is 6. The summed E-state index contributed by atoms with van der Waals surface area (Å²) < 4.78 is 5.43. The molecule has 0 N–H and O–H groups in total. The van der Waals surface area contributed by atoms with Crippen LogP contribution in [0.15, 0.2) is 30.3 Å². The van der Waals surface area contributed by atoms with Crippen LogP contribution >= 0.6 is 0 Å². The van der Waals surface area contributed by atoms with E-state index in [1.165, 1.54) is 19.3 Å². The molecule has 2 aromatic carbocycles. The molecular formula is C25H30N2O2. The van der Waals surface area contributed by atoms with Gasteiger partial charge in [0.2, 0.25) is 0 Å². The van der Waals surface area contributed by atoms with Crippen LogP contribution in [0, 0.1) is 23.2 Å². The molecule has 1 aliphatic carbocycles. The van der Waals surface area contributed by atoms with Crippen LogP contribution in [0.2, 0.25) is 0 Å². The number of piperidine rings is 1. The Balaban J connectivity index is 1.64. The monoisotopic (exact) mass is 390 g/mol. The number of hydrogen-bond acceptors (Lipinski definition) is 4. The minimum absolute atomic E-state index is 0.0867. The number of Topliss-reactive ketones (excluding diaryl/α,β-unsaturated/α-hetero) is 1. The number of ether oxygens (including phenoxy) is 1. The van der Waals surface area contributed by atoms with Crippen molar-refractivity contribution in [3.8, 4) is 11.8 Å². The van der Waals surface area contributed by atoms with Gasteiger partial charge in [0.05, 0.1) is 19.6 Å². The van der Waals surface area contributed by atoms with E-state index in [-0.39, 0.29) is 11.7 Å². The molecule has 2 fully saturated rings. The molecule has 29 heavy (non-hydrogen) atoms. The van der Waals surface area contributed by atoms with Gasteiger partial charge >= 0.3 is 0 Å². The van der Waals surface area contributed by atoms with Gasteiger partial charge in [0.25, 0.3) is 0 Å². The smallest absolute Gasteiger partial charge is 0.167 e. The Morgan fingerprint density at radius 3 is 2.72 bits per heavy atom. The first-order chi connectivity index (χ1) is 14.2. The number of nitriles is 1. The number of nitrogens with zero attached hydrogens (tertiary/aromatic N) is 2. The first kappa shape index (κ1) is 19.9. The van der Waals surface area contributed by atoms with E-state index in [0.29, 0.717) is 18.4 Å². The summed E-state index contributed by atoms with van der Waals surface area (Å²) in [6.07, 6.45) is 6.39. The molecule has 1 aliphatic heterocycles. The van der Waals surface area contributed by atoms with Gasteiger partial charge in [0, 0.05) is 29.6 Å². The highest BCUT2D eigenvalue weighted by atomic mass is 16.5. The molecule has 2 aromatic rings. The van der Waals surface area contributed by atoms with Crippen molar-refractivity contribution in [2.24, 2.45) is 11.8 Å². The average Bonchev–Trinajstić information content (AvgIpc) is 2.72. The van der Waals surface area contributed by atoms with Crippen LogP contribution in [0.25, 0.3) is 10.8 Å². The lowest BCUT2D eigenvalue weighted by atomic mass is 9.77. The van der Waals surface area contributed by atoms with E-state index >= 15 is 0 Å². The van der Waals surface area contributed by atoms with E-state index in [0.717, 1.165) is 53.6 Å². The lowest BCUT2D eigenvalue weighted by Gasteiger charge is -2.44. The summed E-state index contributed by atoms with van der Waals surface area (Å²) in [5, 5.41) is 11.2. The molecule has 4 nitrogen and oxygen atoms in total. The van der Waals surface area contributed by atoms with E-state index in [1.54, 1.807) is 7.11 Å². The van der Waals surface area contributed by atoms with E-state index in [4.69, 9.17) is 4.74 Å².